The number of aliphatic hydroxyl groups excluding tert-OH is 1. The predicted octanol–water partition coefficient (Wildman–Crippen LogP) is 7.77. The topological polar surface area (TPSA) is 29.5 Å². The summed E-state index contributed by atoms with van der Waals surface area (Å²) in [4.78, 5) is 0. The molecule has 0 spiro atoms. The molecule has 0 aliphatic carbocycles. The van der Waals surface area contributed by atoms with Gasteiger partial charge < -0.3 is 0 Å². The zero-order valence-electron chi connectivity index (χ0n) is 19.9. The minimum absolute atomic E-state index is 0.197. The van der Waals surface area contributed by atoms with Crippen LogP contribution in [0.5, 0.6) is 0 Å². The Labute approximate surface area is 176 Å². The van der Waals surface area contributed by atoms with Gasteiger partial charge in [0.05, 0.1) is 0 Å². The van der Waals surface area contributed by atoms with Crippen LogP contribution in [-0.4, -0.2) is 44.5 Å². The van der Waals surface area contributed by atoms with Crippen molar-refractivity contribution in [2.75, 3.05) is 6.61 Å². The van der Waals surface area contributed by atoms with Gasteiger partial charge in [-0.1, -0.05) is 0 Å². The molecular formula is C23H50O2SiSn. The first-order valence-corrected chi connectivity index (χ1v) is 22.5. The van der Waals surface area contributed by atoms with Gasteiger partial charge in [-0.2, -0.15) is 0 Å². The van der Waals surface area contributed by atoms with E-state index in [-0.39, 0.29) is 5.04 Å². The predicted molar refractivity (Wildman–Crippen MR) is 128 cm³/mol. The third kappa shape index (κ3) is 11.4. The van der Waals surface area contributed by atoms with Crippen molar-refractivity contribution in [3.8, 4) is 0 Å². The number of aliphatic hydroxyl groups is 1. The van der Waals surface area contributed by atoms with Gasteiger partial charge >= 0.3 is 177 Å². The summed E-state index contributed by atoms with van der Waals surface area (Å²) < 4.78 is 12.1. The molecule has 0 bridgehead atoms. The van der Waals surface area contributed by atoms with Gasteiger partial charge in [-0.25, -0.2) is 0 Å². The van der Waals surface area contributed by atoms with E-state index < -0.39 is 32.8 Å². The molecule has 0 aliphatic heterocycles. The van der Waals surface area contributed by atoms with Gasteiger partial charge in [0.2, 0.25) is 0 Å². The molecule has 0 unspecified atom stereocenters. The van der Waals surface area contributed by atoms with Crippen LogP contribution in [-0.2, 0) is 4.43 Å². The second-order valence-electron chi connectivity index (χ2n) is 10.1. The Balaban J connectivity index is 4.85. The number of hydrogen-bond donors (Lipinski definition) is 1. The van der Waals surface area contributed by atoms with E-state index >= 15 is 0 Å². The molecule has 0 saturated heterocycles. The monoisotopic (exact) mass is 506 g/mol. The van der Waals surface area contributed by atoms with Crippen LogP contribution in [0.15, 0.2) is 12.2 Å². The van der Waals surface area contributed by atoms with Crippen molar-refractivity contribution in [3.63, 3.8) is 0 Å². The van der Waals surface area contributed by atoms with E-state index in [1.54, 1.807) is 0 Å². The molecule has 27 heavy (non-hydrogen) atoms. The summed E-state index contributed by atoms with van der Waals surface area (Å²) in [7, 11) is -1.78. The van der Waals surface area contributed by atoms with Gasteiger partial charge in [-0.3, -0.25) is 0 Å². The van der Waals surface area contributed by atoms with E-state index in [1.807, 2.05) is 6.08 Å². The second kappa shape index (κ2) is 13.8. The number of allylic oxidation sites excluding steroid dienone is 1. The summed E-state index contributed by atoms with van der Waals surface area (Å²) >= 11 is -2.10. The molecule has 0 heterocycles. The van der Waals surface area contributed by atoms with E-state index in [4.69, 9.17) is 4.43 Å². The maximum atomic E-state index is 10.4. The Morgan fingerprint density at radius 2 is 1.37 bits per heavy atom. The number of rotatable bonds is 15. The maximum absolute atomic E-state index is 10.4. The average molecular weight is 505 g/mol. The molecule has 162 valence electrons. The molecule has 0 aromatic carbocycles. The van der Waals surface area contributed by atoms with Gasteiger partial charge in [0.1, 0.15) is 0 Å². The number of unbranched alkanes of at least 4 members (excludes halogenated alkanes) is 3. The Hall–Kier alpha value is 0.676. The quantitative estimate of drug-likeness (QED) is 0.182. The summed E-state index contributed by atoms with van der Waals surface area (Å²) in [6.45, 7) is 18.7. The van der Waals surface area contributed by atoms with Crippen LogP contribution >= 0.6 is 0 Å². The molecule has 0 aromatic heterocycles. The van der Waals surface area contributed by atoms with Crippen molar-refractivity contribution in [3.05, 3.63) is 12.2 Å². The minimum atomic E-state index is -2.10. The van der Waals surface area contributed by atoms with Crippen LogP contribution in [0.25, 0.3) is 0 Å². The molecule has 0 radical (unpaired) electrons. The molecule has 0 aliphatic rings. The molecule has 0 rings (SSSR count). The molecule has 0 aromatic rings. The molecule has 0 fully saturated rings. The van der Waals surface area contributed by atoms with Crippen molar-refractivity contribution >= 4 is 26.7 Å². The fourth-order valence-electron chi connectivity index (χ4n) is 3.38. The zero-order chi connectivity index (χ0) is 21.0. The molecule has 0 amide bonds. The first-order valence-electron chi connectivity index (χ1n) is 11.5. The van der Waals surface area contributed by atoms with E-state index in [9.17, 15) is 5.11 Å². The zero-order valence-corrected chi connectivity index (χ0v) is 23.7. The third-order valence-corrected chi connectivity index (χ3v) is 26.3. The standard InChI is InChI=1S/C11H23O2Si.3C4H9.Sn/c1-7-8-10(12)9-13-14(5,6)11(2,3)4;3*1-3-4-2;/h7-8,10,12H,1,9H2,2-6H3;3*1,3-4H2,2H3;/b8-7+;;;;/t10-;;;;/m0..../s1. The Kier molecular flexibility index (Phi) is 14.2. The SMILES string of the molecule is CCC[CH2][Sn]([CH2]/C=C/[C@H](O)CO[Si](C)(C)C(C)(C)C)([CH2]CCC)[CH2]CCC. The van der Waals surface area contributed by atoms with E-state index in [0.717, 1.165) is 0 Å². The van der Waals surface area contributed by atoms with Crippen molar-refractivity contribution in [1.82, 2.24) is 0 Å². The normalized spacial score (nSPS) is 14.9. The van der Waals surface area contributed by atoms with Crippen molar-refractivity contribution in [2.45, 2.75) is 122 Å². The molecule has 1 atom stereocenters. The van der Waals surface area contributed by atoms with Gasteiger partial charge in [0, 0.05) is 0 Å². The molecule has 2 nitrogen and oxygen atoms in total. The fourth-order valence-corrected chi connectivity index (χ4v) is 19.6. The van der Waals surface area contributed by atoms with Crippen molar-refractivity contribution < 1.29 is 9.53 Å². The Morgan fingerprint density at radius 1 is 0.926 bits per heavy atom. The fraction of sp³-hybridized carbons (Fsp3) is 0.913. The van der Waals surface area contributed by atoms with Crippen LogP contribution in [0, 0.1) is 0 Å². The van der Waals surface area contributed by atoms with Crippen LogP contribution in [0.1, 0.15) is 80.1 Å². The van der Waals surface area contributed by atoms with E-state index in [2.05, 4.69) is 60.7 Å². The van der Waals surface area contributed by atoms with Gasteiger partial charge in [0.25, 0.3) is 0 Å². The van der Waals surface area contributed by atoms with Crippen LogP contribution in [0.2, 0.25) is 35.9 Å². The van der Waals surface area contributed by atoms with E-state index in [0.29, 0.717) is 6.61 Å². The first-order chi connectivity index (χ1) is 12.5. The summed E-state index contributed by atoms with van der Waals surface area (Å²) in [5.74, 6) is 0. The summed E-state index contributed by atoms with van der Waals surface area (Å²) in [6, 6.07) is 0. The van der Waals surface area contributed by atoms with Gasteiger partial charge in [-0.15, -0.1) is 0 Å². The first kappa shape index (κ1) is 27.7. The van der Waals surface area contributed by atoms with Crippen molar-refractivity contribution in [2.24, 2.45) is 0 Å². The van der Waals surface area contributed by atoms with Crippen LogP contribution in [0.4, 0.5) is 0 Å². The van der Waals surface area contributed by atoms with Gasteiger partial charge in [-0.05, 0) is 0 Å². The Bertz CT molecular complexity index is 380. The second-order valence-corrected chi connectivity index (χ2v) is 28.9. The Morgan fingerprint density at radius 3 is 1.74 bits per heavy atom. The summed E-state index contributed by atoms with van der Waals surface area (Å²) in [5.41, 5.74) is 0. The van der Waals surface area contributed by atoms with Crippen molar-refractivity contribution in [1.29, 1.82) is 0 Å². The van der Waals surface area contributed by atoms with Crippen LogP contribution in [0.3, 0.4) is 0 Å². The average Bonchev–Trinajstić information content (AvgIpc) is 2.60. The third-order valence-electron chi connectivity index (χ3n) is 6.51. The molecule has 0 saturated carbocycles. The summed E-state index contributed by atoms with van der Waals surface area (Å²) in [5, 5.41) is 10.6. The molecular weight excluding hydrogens is 455 g/mol. The summed E-state index contributed by atoms with van der Waals surface area (Å²) in [6.07, 6.45) is 12.1. The van der Waals surface area contributed by atoms with Gasteiger partial charge in [0.15, 0.2) is 0 Å². The molecule has 4 heteroatoms. The van der Waals surface area contributed by atoms with Crippen LogP contribution < -0.4 is 0 Å². The number of hydrogen-bond acceptors (Lipinski definition) is 2. The van der Waals surface area contributed by atoms with E-state index in [1.165, 1.54) is 56.3 Å². The molecule has 1 N–H and O–H groups in total.